The highest BCUT2D eigenvalue weighted by Gasteiger charge is 2.18. The molecule has 0 saturated heterocycles. The fraction of sp³-hybridized carbons (Fsp3) is 0. The van der Waals surface area contributed by atoms with Crippen LogP contribution in [0.25, 0.3) is 27.5 Å². The number of anilines is 1. The Kier molecular flexibility index (Phi) is 3.42. The van der Waals surface area contributed by atoms with Gasteiger partial charge in [-0.3, -0.25) is 9.12 Å². The number of hydrogen-bond acceptors (Lipinski definition) is 3. The highest BCUT2D eigenvalue weighted by molar-refractivity contribution is 7.92. The van der Waals surface area contributed by atoms with Crippen molar-refractivity contribution in [3.63, 3.8) is 0 Å². The number of aromatic nitrogens is 2. The predicted molar refractivity (Wildman–Crippen MR) is 107 cm³/mol. The van der Waals surface area contributed by atoms with E-state index >= 15 is 0 Å². The van der Waals surface area contributed by atoms with Gasteiger partial charge in [0.25, 0.3) is 10.0 Å². The Balaban J connectivity index is 1.79. The van der Waals surface area contributed by atoms with Crippen LogP contribution in [0.15, 0.2) is 90.0 Å². The summed E-state index contributed by atoms with van der Waals surface area (Å²) in [6.07, 6.45) is 1.93. The zero-order valence-electron chi connectivity index (χ0n) is 14.2. The van der Waals surface area contributed by atoms with E-state index < -0.39 is 10.0 Å². The summed E-state index contributed by atoms with van der Waals surface area (Å²) in [5, 5.41) is 1.72. The second-order valence-electron chi connectivity index (χ2n) is 6.30. The van der Waals surface area contributed by atoms with Crippen LogP contribution in [0.1, 0.15) is 0 Å². The molecule has 27 heavy (non-hydrogen) atoms. The first kappa shape index (κ1) is 15.8. The Morgan fingerprint density at radius 3 is 2.33 bits per heavy atom. The van der Waals surface area contributed by atoms with Crippen LogP contribution in [-0.2, 0) is 10.0 Å². The van der Waals surface area contributed by atoms with Crippen molar-refractivity contribution in [2.45, 2.75) is 4.90 Å². The van der Waals surface area contributed by atoms with Gasteiger partial charge in [-0.2, -0.15) is 0 Å². The molecule has 1 N–H and O–H groups in total. The lowest BCUT2D eigenvalue weighted by molar-refractivity contribution is 0.601. The van der Waals surface area contributed by atoms with Crippen molar-refractivity contribution in [2.75, 3.05) is 4.72 Å². The van der Waals surface area contributed by atoms with E-state index in [0.29, 0.717) is 5.69 Å². The van der Waals surface area contributed by atoms with Gasteiger partial charge in [-0.05, 0) is 30.3 Å². The van der Waals surface area contributed by atoms with Gasteiger partial charge in [0.05, 0.1) is 21.6 Å². The summed E-state index contributed by atoms with van der Waals surface area (Å²) in [4.78, 5) is 4.95. The number of nitrogens with one attached hydrogen (secondary N) is 1. The van der Waals surface area contributed by atoms with E-state index in [4.69, 9.17) is 4.98 Å². The van der Waals surface area contributed by atoms with Crippen molar-refractivity contribution in [3.05, 3.63) is 85.1 Å². The fourth-order valence-electron chi connectivity index (χ4n) is 3.38. The van der Waals surface area contributed by atoms with Crippen LogP contribution < -0.4 is 4.72 Å². The molecule has 2 aromatic heterocycles. The molecule has 0 aliphatic rings. The zero-order valence-corrected chi connectivity index (χ0v) is 15.0. The summed E-state index contributed by atoms with van der Waals surface area (Å²) in [6, 6.07) is 23.7. The summed E-state index contributed by atoms with van der Waals surface area (Å²) in [6.45, 7) is 0. The van der Waals surface area contributed by atoms with Gasteiger partial charge in [0.15, 0.2) is 0 Å². The topological polar surface area (TPSA) is 63.5 Å². The van der Waals surface area contributed by atoms with Gasteiger partial charge >= 0.3 is 0 Å². The number of benzene rings is 3. The molecular weight excluding hydrogens is 358 g/mol. The van der Waals surface area contributed by atoms with Crippen LogP contribution >= 0.6 is 0 Å². The normalized spacial score (nSPS) is 12.0. The number of pyridine rings is 1. The molecule has 6 heteroatoms. The number of fused-ring (bicyclic) bond motifs is 5. The van der Waals surface area contributed by atoms with E-state index in [2.05, 4.69) is 4.72 Å². The Morgan fingerprint density at radius 1 is 0.815 bits per heavy atom. The number of rotatable bonds is 3. The highest BCUT2D eigenvalue weighted by Crippen LogP contribution is 2.33. The minimum absolute atomic E-state index is 0.229. The molecule has 0 unspecified atom stereocenters. The molecule has 5 rings (SSSR count). The molecule has 2 heterocycles. The molecule has 0 spiro atoms. The van der Waals surface area contributed by atoms with Crippen molar-refractivity contribution >= 4 is 43.2 Å². The van der Waals surface area contributed by atoms with Gasteiger partial charge in [0.2, 0.25) is 0 Å². The van der Waals surface area contributed by atoms with Crippen molar-refractivity contribution in [3.8, 4) is 0 Å². The van der Waals surface area contributed by atoms with Gasteiger partial charge < -0.3 is 0 Å². The van der Waals surface area contributed by atoms with E-state index in [1.807, 2.05) is 59.1 Å². The SMILES string of the molecule is O=S(=O)(Nc1cc2c(nc3ccccn32)c2ccccc12)c1ccccc1. The maximum Gasteiger partial charge on any atom is 0.261 e. The van der Waals surface area contributed by atoms with Crippen LogP contribution in [0.2, 0.25) is 0 Å². The molecule has 0 atom stereocenters. The smallest absolute Gasteiger partial charge is 0.261 e. The molecule has 0 fully saturated rings. The minimum Gasteiger partial charge on any atom is -0.300 e. The predicted octanol–water partition coefficient (Wildman–Crippen LogP) is 4.44. The Bertz CT molecular complexity index is 1410. The van der Waals surface area contributed by atoms with Gasteiger partial charge in [0, 0.05) is 17.0 Å². The monoisotopic (exact) mass is 373 g/mol. The third-order valence-corrected chi connectivity index (χ3v) is 6.00. The number of nitrogens with zero attached hydrogens (tertiary/aromatic N) is 2. The van der Waals surface area contributed by atoms with Gasteiger partial charge in [-0.15, -0.1) is 0 Å². The molecule has 0 aliphatic heterocycles. The number of hydrogen-bond donors (Lipinski definition) is 1. The molecule has 0 bridgehead atoms. The Hall–Kier alpha value is -3.38. The van der Waals surface area contributed by atoms with E-state index in [0.717, 1.165) is 27.5 Å². The van der Waals surface area contributed by atoms with Gasteiger partial charge in [-0.25, -0.2) is 13.4 Å². The molecular formula is C21H15N3O2S. The van der Waals surface area contributed by atoms with Crippen LogP contribution in [0, 0.1) is 0 Å². The second kappa shape index (κ2) is 5.82. The van der Waals surface area contributed by atoms with Crippen LogP contribution in [-0.4, -0.2) is 17.8 Å². The first-order chi connectivity index (χ1) is 13.1. The highest BCUT2D eigenvalue weighted by atomic mass is 32.2. The Morgan fingerprint density at radius 2 is 1.52 bits per heavy atom. The Labute approximate surface area is 156 Å². The number of imidazole rings is 1. The third-order valence-electron chi connectivity index (χ3n) is 4.62. The molecule has 0 amide bonds. The van der Waals surface area contributed by atoms with Gasteiger partial charge in [0.1, 0.15) is 5.65 Å². The molecule has 3 aromatic carbocycles. The maximum absolute atomic E-state index is 12.8. The van der Waals surface area contributed by atoms with Crippen molar-refractivity contribution < 1.29 is 8.42 Å². The van der Waals surface area contributed by atoms with E-state index in [9.17, 15) is 8.42 Å². The third kappa shape index (κ3) is 2.53. The maximum atomic E-state index is 12.8. The summed E-state index contributed by atoms with van der Waals surface area (Å²) in [7, 11) is -3.69. The van der Waals surface area contributed by atoms with E-state index in [1.165, 1.54) is 0 Å². The standard InChI is InChI=1S/C21H15N3O2S/c25-27(26,15-8-2-1-3-9-15)23-18-14-19-21(17-11-5-4-10-16(17)18)22-20-12-6-7-13-24(19)20/h1-14,23H. The van der Waals surface area contributed by atoms with E-state index in [1.54, 1.807) is 30.3 Å². The summed E-state index contributed by atoms with van der Waals surface area (Å²) in [5.74, 6) is 0. The second-order valence-corrected chi connectivity index (χ2v) is 7.98. The quantitative estimate of drug-likeness (QED) is 0.508. The average Bonchev–Trinajstić information content (AvgIpc) is 3.08. The first-order valence-electron chi connectivity index (χ1n) is 8.50. The lowest BCUT2D eigenvalue weighted by Gasteiger charge is -2.11. The summed E-state index contributed by atoms with van der Waals surface area (Å²) >= 11 is 0. The van der Waals surface area contributed by atoms with Crippen molar-refractivity contribution in [2.24, 2.45) is 0 Å². The molecule has 0 saturated carbocycles. The molecule has 132 valence electrons. The lowest BCUT2D eigenvalue weighted by atomic mass is 10.1. The van der Waals surface area contributed by atoms with Gasteiger partial charge in [-0.1, -0.05) is 48.5 Å². The summed E-state index contributed by atoms with van der Waals surface area (Å²) in [5.41, 5.74) is 3.06. The number of sulfonamides is 1. The fourth-order valence-corrected chi connectivity index (χ4v) is 4.47. The first-order valence-corrected chi connectivity index (χ1v) is 9.98. The van der Waals surface area contributed by atoms with E-state index in [-0.39, 0.29) is 4.90 Å². The minimum atomic E-state index is -3.69. The molecule has 0 aliphatic carbocycles. The largest absolute Gasteiger partial charge is 0.300 e. The van der Waals surface area contributed by atoms with Crippen LogP contribution in [0.3, 0.4) is 0 Å². The van der Waals surface area contributed by atoms with Crippen LogP contribution in [0.5, 0.6) is 0 Å². The molecule has 5 aromatic rings. The molecule has 5 nitrogen and oxygen atoms in total. The average molecular weight is 373 g/mol. The van der Waals surface area contributed by atoms with Crippen molar-refractivity contribution in [1.82, 2.24) is 9.38 Å². The van der Waals surface area contributed by atoms with Crippen LogP contribution in [0.4, 0.5) is 5.69 Å². The zero-order chi connectivity index (χ0) is 18.4. The van der Waals surface area contributed by atoms with Crippen molar-refractivity contribution in [1.29, 1.82) is 0 Å². The summed E-state index contributed by atoms with van der Waals surface area (Å²) < 4.78 is 30.4. The molecule has 0 radical (unpaired) electrons. The lowest BCUT2D eigenvalue weighted by Crippen LogP contribution is -2.13.